The maximum Gasteiger partial charge on any atom is 0.138 e. The number of pyridine rings is 1. The predicted molar refractivity (Wildman–Crippen MR) is 233 cm³/mol. The van der Waals surface area contributed by atoms with Gasteiger partial charge in [-0.05, 0) is 85.6 Å². The number of hydrogen-bond donors (Lipinski definition) is 0. The van der Waals surface area contributed by atoms with Gasteiger partial charge in [-0.25, -0.2) is 4.98 Å². The summed E-state index contributed by atoms with van der Waals surface area (Å²) in [6.45, 7) is 0. The summed E-state index contributed by atoms with van der Waals surface area (Å²) in [5, 5.41) is 7.72. The Bertz CT molecular complexity index is 3220. The molecular formula is C54H36N2. The van der Waals surface area contributed by atoms with Crippen LogP contribution in [0, 0.1) is 5.92 Å². The molecule has 2 heteroatoms. The Balaban J connectivity index is 1.29. The van der Waals surface area contributed by atoms with Gasteiger partial charge in [-0.1, -0.05) is 170 Å². The second-order valence-corrected chi connectivity index (χ2v) is 16.0. The smallest absolute Gasteiger partial charge is 0.138 e. The lowest BCUT2D eigenvalue weighted by Crippen LogP contribution is -2.33. The molecule has 2 atom stereocenters. The van der Waals surface area contributed by atoms with Crippen molar-refractivity contribution >= 4 is 49.4 Å². The Hall–Kier alpha value is -6.77. The number of fused-ring (bicyclic) bond motifs is 20. The molecule has 0 N–H and O–H groups in total. The van der Waals surface area contributed by atoms with Gasteiger partial charge in [-0.15, -0.1) is 0 Å². The average molecular weight is 713 g/mol. The van der Waals surface area contributed by atoms with Crippen LogP contribution in [0.3, 0.4) is 0 Å². The molecule has 1 spiro atoms. The van der Waals surface area contributed by atoms with Crippen molar-refractivity contribution < 1.29 is 0 Å². The van der Waals surface area contributed by atoms with Gasteiger partial charge in [0.05, 0.1) is 22.1 Å². The molecule has 4 aliphatic rings. The van der Waals surface area contributed by atoms with Crippen LogP contribution in [0.4, 0.5) is 0 Å². The van der Waals surface area contributed by atoms with E-state index in [0.717, 1.165) is 35.3 Å². The highest BCUT2D eigenvalue weighted by atomic mass is 15.1. The number of hydrogen-bond acceptors (Lipinski definition) is 1. The molecule has 56 heavy (non-hydrogen) atoms. The summed E-state index contributed by atoms with van der Waals surface area (Å²) in [4.78, 5) is 5.69. The van der Waals surface area contributed by atoms with Gasteiger partial charge in [-0.2, -0.15) is 0 Å². The summed E-state index contributed by atoms with van der Waals surface area (Å²) in [6.07, 6.45) is 16.5. The van der Waals surface area contributed by atoms with Crippen LogP contribution in [-0.2, 0) is 11.8 Å². The average Bonchev–Trinajstić information content (AvgIpc) is 3.88. The monoisotopic (exact) mass is 712 g/mol. The van der Waals surface area contributed by atoms with Crippen molar-refractivity contribution in [1.82, 2.24) is 9.55 Å². The van der Waals surface area contributed by atoms with Crippen LogP contribution in [0.2, 0.25) is 0 Å². The van der Waals surface area contributed by atoms with E-state index in [9.17, 15) is 0 Å². The summed E-state index contributed by atoms with van der Waals surface area (Å²) in [5.41, 5.74) is 15.5. The van der Waals surface area contributed by atoms with Crippen LogP contribution in [0.15, 0.2) is 176 Å². The molecule has 2 heterocycles. The number of aromatic nitrogens is 2. The first-order valence-electron chi connectivity index (χ1n) is 20.0. The van der Waals surface area contributed by atoms with E-state index in [1.54, 1.807) is 0 Å². The van der Waals surface area contributed by atoms with Gasteiger partial charge in [0, 0.05) is 33.6 Å². The van der Waals surface area contributed by atoms with Gasteiger partial charge in [0.15, 0.2) is 0 Å². The molecule has 4 aliphatic carbocycles. The molecular weight excluding hydrogens is 677 g/mol. The Morgan fingerprint density at radius 1 is 0.625 bits per heavy atom. The second-order valence-electron chi connectivity index (χ2n) is 16.0. The minimum absolute atomic E-state index is 0.157. The van der Waals surface area contributed by atoms with E-state index in [4.69, 9.17) is 4.98 Å². The van der Waals surface area contributed by atoms with E-state index in [-0.39, 0.29) is 17.3 Å². The summed E-state index contributed by atoms with van der Waals surface area (Å²) in [7, 11) is 0. The molecule has 0 fully saturated rings. The fourth-order valence-corrected chi connectivity index (χ4v) is 11.5. The quantitative estimate of drug-likeness (QED) is 0.174. The molecule has 0 saturated heterocycles. The number of para-hydroxylation sites is 1. The van der Waals surface area contributed by atoms with Crippen LogP contribution < -0.4 is 0 Å². The van der Waals surface area contributed by atoms with Gasteiger partial charge < -0.3 is 0 Å². The molecule has 0 bridgehead atoms. The Morgan fingerprint density at radius 3 is 2.18 bits per heavy atom. The van der Waals surface area contributed by atoms with Gasteiger partial charge in [-0.3, -0.25) is 4.57 Å². The molecule has 2 aromatic heterocycles. The fraction of sp³-hybridized carbons (Fsp3) is 0.0926. The van der Waals surface area contributed by atoms with Crippen LogP contribution >= 0.6 is 0 Å². The lowest BCUT2D eigenvalue weighted by molar-refractivity contribution is 0.467. The van der Waals surface area contributed by atoms with E-state index < -0.39 is 0 Å². The van der Waals surface area contributed by atoms with E-state index in [2.05, 4.69) is 187 Å². The Labute approximate surface area is 325 Å². The zero-order chi connectivity index (χ0) is 36.5. The zero-order valence-corrected chi connectivity index (χ0v) is 30.8. The Kier molecular flexibility index (Phi) is 6.08. The highest BCUT2D eigenvalue weighted by Gasteiger charge is 2.58. The summed E-state index contributed by atoms with van der Waals surface area (Å²) in [5.74, 6) is 1.31. The minimum Gasteiger partial charge on any atom is -0.293 e. The summed E-state index contributed by atoms with van der Waals surface area (Å²) >= 11 is 0. The molecule has 0 saturated carbocycles. The van der Waals surface area contributed by atoms with Crippen molar-refractivity contribution in [3.8, 4) is 28.2 Å². The molecule has 2 unspecified atom stereocenters. The number of benzene rings is 7. The van der Waals surface area contributed by atoms with Crippen LogP contribution in [0.1, 0.15) is 45.7 Å². The highest BCUT2D eigenvalue weighted by Crippen LogP contribution is 2.68. The molecule has 0 amide bonds. The lowest BCUT2D eigenvalue weighted by atomic mass is 9.64. The SMILES string of the molecule is C1=CC2c3c(c4ccc5c(c4c4c6ccccc6n(-c6cc7ccccc7c(-c7ccccc7)n6)c34)C=CCC5)C3(c4ccccc4-c4ccccc43)C2C=C1. The van der Waals surface area contributed by atoms with Crippen molar-refractivity contribution in [2.24, 2.45) is 5.92 Å². The van der Waals surface area contributed by atoms with Gasteiger partial charge in [0.2, 0.25) is 0 Å². The lowest BCUT2D eigenvalue weighted by Gasteiger charge is -2.36. The van der Waals surface area contributed by atoms with Gasteiger partial charge in [0.1, 0.15) is 5.82 Å². The van der Waals surface area contributed by atoms with Crippen LogP contribution in [0.5, 0.6) is 0 Å². The van der Waals surface area contributed by atoms with E-state index in [0.29, 0.717) is 0 Å². The number of nitrogens with zero attached hydrogens (tertiary/aromatic N) is 2. The van der Waals surface area contributed by atoms with E-state index >= 15 is 0 Å². The largest absolute Gasteiger partial charge is 0.293 e. The van der Waals surface area contributed by atoms with Gasteiger partial charge in [0.25, 0.3) is 0 Å². The van der Waals surface area contributed by atoms with Crippen molar-refractivity contribution in [2.45, 2.75) is 24.2 Å². The number of aryl methyl sites for hydroxylation is 1. The zero-order valence-electron chi connectivity index (χ0n) is 30.8. The van der Waals surface area contributed by atoms with Crippen LogP contribution in [-0.4, -0.2) is 9.55 Å². The molecule has 9 aromatic rings. The van der Waals surface area contributed by atoms with Crippen molar-refractivity contribution in [3.05, 3.63) is 209 Å². The summed E-state index contributed by atoms with van der Waals surface area (Å²) < 4.78 is 2.54. The van der Waals surface area contributed by atoms with Crippen LogP contribution in [0.25, 0.3) is 77.6 Å². The summed E-state index contributed by atoms with van der Waals surface area (Å²) in [6, 6.07) is 54.3. The molecule has 0 aliphatic heterocycles. The molecule has 2 nitrogen and oxygen atoms in total. The second kappa shape index (κ2) is 11.1. The molecule has 7 aromatic carbocycles. The first kappa shape index (κ1) is 30.5. The molecule has 262 valence electrons. The van der Waals surface area contributed by atoms with Crippen molar-refractivity contribution in [3.63, 3.8) is 0 Å². The number of allylic oxidation sites excluding steroid dienone is 5. The third kappa shape index (κ3) is 3.74. The topological polar surface area (TPSA) is 17.8 Å². The van der Waals surface area contributed by atoms with Crippen molar-refractivity contribution in [2.75, 3.05) is 0 Å². The maximum absolute atomic E-state index is 5.69. The molecule has 0 radical (unpaired) electrons. The maximum atomic E-state index is 5.69. The first-order valence-corrected chi connectivity index (χ1v) is 20.0. The fourth-order valence-electron chi connectivity index (χ4n) is 11.5. The third-order valence-electron chi connectivity index (χ3n) is 13.5. The standard InChI is InChI=1S/C54H36N2/c1-2-17-34(18-3-1)52-37-21-7-5-19-35(37)32-47(55-52)56-46-29-15-11-25-41(46)49-48-36-20-6-4-16-33(36)30-31-42(48)51-50(53(49)56)40-24-10-14-28-45(40)54(51)43-26-12-8-22-38(43)39-23-9-13-27-44(39)54/h1-3,5-15,17-32,40,45H,4,16H2. The normalized spacial score (nSPS) is 18.1. The van der Waals surface area contributed by atoms with E-state index in [1.165, 1.54) is 82.5 Å². The predicted octanol–water partition coefficient (Wildman–Crippen LogP) is 13.3. The van der Waals surface area contributed by atoms with E-state index in [1.807, 2.05) is 0 Å². The number of rotatable bonds is 2. The first-order chi connectivity index (χ1) is 27.8. The van der Waals surface area contributed by atoms with Crippen molar-refractivity contribution in [1.29, 1.82) is 0 Å². The van der Waals surface area contributed by atoms with Gasteiger partial charge >= 0.3 is 0 Å². The highest BCUT2D eigenvalue weighted by molar-refractivity contribution is 6.26. The molecule has 13 rings (SSSR count). The minimum atomic E-state index is -0.374. The third-order valence-corrected chi connectivity index (χ3v) is 13.5. The Morgan fingerprint density at radius 2 is 1.34 bits per heavy atom.